The van der Waals surface area contributed by atoms with Crippen molar-refractivity contribution in [3.63, 3.8) is 0 Å². The molecule has 0 bridgehead atoms. The zero-order valence-corrected chi connectivity index (χ0v) is 5.24. The molecule has 0 amide bonds. The highest BCUT2D eigenvalue weighted by Crippen LogP contribution is 2.21. The van der Waals surface area contributed by atoms with Crippen LogP contribution in [-0.4, -0.2) is 28.2 Å². The molecule has 0 saturated heterocycles. The maximum atomic E-state index is 10.6. The van der Waals surface area contributed by atoms with Crippen molar-refractivity contribution in [3.05, 3.63) is 0 Å². The maximum absolute atomic E-state index is 10.6. The molecule has 1 aliphatic carbocycles. The molecule has 0 aromatic carbocycles. The molecule has 0 spiro atoms. The summed E-state index contributed by atoms with van der Waals surface area (Å²) in [7, 11) is 0. The Morgan fingerprint density at radius 1 is 1.56 bits per heavy atom. The molecule has 3 heteroatoms. The largest absolute Gasteiger partial charge is 0.390 e. The summed E-state index contributed by atoms with van der Waals surface area (Å²) in [5, 5.41) is 17.8. The van der Waals surface area contributed by atoms with Gasteiger partial charge in [-0.25, -0.2) is 0 Å². The van der Waals surface area contributed by atoms with E-state index in [1.54, 1.807) is 6.92 Å². The minimum absolute atomic E-state index is 0.0764. The molecule has 2 N–H and O–H groups in total. The van der Waals surface area contributed by atoms with Gasteiger partial charge in [0.1, 0.15) is 6.10 Å². The summed E-state index contributed by atoms with van der Waals surface area (Å²) in [5.74, 6) is -0.317. The summed E-state index contributed by atoms with van der Waals surface area (Å²) in [6, 6.07) is 0. The zero-order chi connectivity index (χ0) is 7.02. The smallest absolute Gasteiger partial charge is 0.164 e. The number of hydrogen-bond acceptors (Lipinski definition) is 3. The van der Waals surface area contributed by atoms with Crippen molar-refractivity contribution in [1.29, 1.82) is 0 Å². The molecule has 0 aromatic heterocycles. The van der Waals surface area contributed by atoms with Crippen molar-refractivity contribution >= 4 is 5.78 Å². The molecular formula is C6H10O3. The zero-order valence-electron chi connectivity index (χ0n) is 5.24. The molecule has 3 nitrogen and oxygen atoms in total. The monoisotopic (exact) mass is 130 g/mol. The van der Waals surface area contributed by atoms with Gasteiger partial charge < -0.3 is 10.2 Å². The summed E-state index contributed by atoms with van der Waals surface area (Å²) in [5.41, 5.74) is 0. The summed E-state index contributed by atoms with van der Waals surface area (Å²) >= 11 is 0. The Kier molecular flexibility index (Phi) is 1.55. The lowest BCUT2D eigenvalue weighted by Crippen LogP contribution is -2.27. The Labute approximate surface area is 53.3 Å². The average molecular weight is 130 g/mol. The van der Waals surface area contributed by atoms with Gasteiger partial charge in [0.2, 0.25) is 0 Å². The Bertz CT molecular complexity index is 132. The highest BCUT2D eigenvalue weighted by molar-refractivity contribution is 5.86. The molecule has 0 heterocycles. The molecule has 1 fully saturated rings. The molecule has 0 radical (unpaired) electrons. The second kappa shape index (κ2) is 2.08. The lowest BCUT2D eigenvalue weighted by Gasteiger charge is -2.08. The molecule has 0 unspecified atom stereocenters. The first-order valence-electron chi connectivity index (χ1n) is 3.02. The summed E-state index contributed by atoms with van der Waals surface area (Å²) in [6.07, 6.45) is -1.65. The highest BCUT2D eigenvalue weighted by atomic mass is 16.3. The minimum atomic E-state index is -1.13. The number of Topliss-reactive ketones (excluding diaryl/α,β-unsaturated/α-hetero) is 1. The van der Waals surface area contributed by atoms with Gasteiger partial charge in [0.25, 0.3) is 0 Å². The predicted octanol–water partition coefficient (Wildman–Crippen LogP) is -0.683. The van der Waals surface area contributed by atoms with Gasteiger partial charge in [-0.15, -0.1) is 0 Å². The van der Waals surface area contributed by atoms with E-state index in [1.165, 1.54) is 0 Å². The van der Waals surface area contributed by atoms with E-state index in [0.29, 0.717) is 6.42 Å². The van der Waals surface area contributed by atoms with Crippen LogP contribution in [0.4, 0.5) is 0 Å². The molecule has 0 aromatic rings. The van der Waals surface area contributed by atoms with Crippen LogP contribution in [0.15, 0.2) is 0 Å². The van der Waals surface area contributed by atoms with E-state index in [1.807, 2.05) is 0 Å². The van der Waals surface area contributed by atoms with Crippen LogP contribution >= 0.6 is 0 Å². The van der Waals surface area contributed by atoms with Crippen LogP contribution in [0.5, 0.6) is 0 Å². The van der Waals surface area contributed by atoms with Crippen molar-refractivity contribution in [2.24, 2.45) is 5.92 Å². The highest BCUT2D eigenvalue weighted by Gasteiger charge is 2.37. The maximum Gasteiger partial charge on any atom is 0.164 e. The van der Waals surface area contributed by atoms with Crippen LogP contribution in [0.2, 0.25) is 0 Å². The van der Waals surface area contributed by atoms with Gasteiger partial charge in [0, 0.05) is 6.42 Å². The summed E-state index contributed by atoms with van der Waals surface area (Å²) in [6.45, 7) is 1.75. The minimum Gasteiger partial charge on any atom is -0.390 e. The fraction of sp³-hybridized carbons (Fsp3) is 0.833. The lowest BCUT2D eigenvalue weighted by molar-refractivity contribution is -0.126. The number of aliphatic hydroxyl groups excluding tert-OH is 2. The summed E-state index contributed by atoms with van der Waals surface area (Å²) < 4.78 is 0. The van der Waals surface area contributed by atoms with E-state index in [4.69, 9.17) is 10.2 Å². The van der Waals surface area contributed by atoms with Crippen molar-refractivity contribution < 1.29 is 15.0 Å². The van der Waals surface area contributed by atoms with Gasteiger partial charge >= 0.3 is 0 Å². The van der Waals surface area contributed by atoms with Crippen molar-refractivity contribution in [2.75, 3.05) is 0 Å². The van der Waals surface area contributed by atoms with Crippen LogP contribution < -0.4 is 0 Å². The normalized spacial score (nSPS) is 43.9. The third kappa shape index (κ3) is 0.976. The summed E-state index contributed by atoms with van der Waals surface area (Å²) in [4.78, 5) is 10.6. The van der Waals surface area contributed by atoms with Gasteiger partial charge in [-0.2, -0.15) is 0 Å². The number of rotatable bonds is 0. The van der Waals surface area contributed by atoms with E-state index < -0.39 is 12.2 Å². The molecule has 1 saturated carbocycles. The standard InChI is InChI=1S/C6H10O3/c1-3-2-4(7)6(9)5(3)8/h3,5-6,8-9H,2H2,1H3/t3-,5+,6+/m1/s1. The predicted molar refractivity (Wildman–Crippen MR) is 30.8 cm³/mol. The van der Waals surface area contributed by atoms with Crippen LogP contribution in [0, 0.1) is 5.92 Å². The first-order chi connectivity index (χ1) is 4.13. The second-order valence-corrected chi connectivity index (χ2v) is 2.58. The number of hydrogen-bond donors (Lipinski definition) is 2. The van der Waals surface area contributed by atoms with Crippen molar-refractivity contribution in [1.82, 2.24) is 0 Å². The van der Waals surface area contributed by atoms with E-state index in [2.05, 4.69) is 0 Å². The Morgan fingerprint density at radius 2 is 2.11 bits per heavy atom. The first-order valence-corrected chi connectivity index (χ1v) is 3.02. The number of ketones is 1. The van der Waals surface area contributed by atoms with Crippen molar-refractivity contribution in [2.45, 2.75) is 25.6 Å². The Morgan fingerprint density at radius 3 is 2.22 bits per heavy atom. The average Bonchev–Trinajstić information content (AvgIpc) is 1.98. The van der Waals surface area contributed by atoms with E-state index in [-0.39, 0.29) is 11.7 Å². The number of carbonyl (C=O) groups excluding carboxylic acids is 1. The van der Waals surface area contributed by atoms with Gasteiger partial charge in [0.05, 0.1) is 6.10 Å². The SMILES string of the molecule is C[C@@H]1CC(=O)[C@H](O)[C@H]1O. The van der Waals surface area contributed by atoms with Gasteiger partial charge in [-0.1, -0.05) is 6.92 Å². The van der Waals surface area contributed by atoms with Gasteiger partial charge in [-0.05, 0) is 5.92 Å². The lowest BCUT2D eigenvalue weighted by atomic mass is 10.1. The topological polar surface area (TPSA) is 57.5 Å². The fourth-order valence-electron chi connectivity index (χ4n) is 1.06. The molecule has 1 rings (SSSR count). The quantitative estimate of drug-likeness (QED) is 0.456. The van der Waals surface area contributed by atoms with Crippen molar-refractivity contribution in [3.8, 4) is 0 Å². The van der Waals surface area contributed by atoms with Crippen LogP contribution in [0.1, 0.15) is 13.3 Å². The number of aliphatic hydroxyl groups is 2. The molecule has 0 aliphatic heterocycles. The Balaban J connectivity index is 2.65. The van der Waals surface area contributed by atoms with Crippen LogP contribution in [0.3, 0.4) is 0 Å². The Hall–Kier alpha value is -0.410. The fourth-order valence-corrected chi connectivity index (χ4v) is 1.06. The third-order valence-electron chi connectivity index (χ3n) is 1.76. The molecular weight excluding hydrogens is 120 g/mol. The van der Waals surface area contributed by atoms with E-state index >= 15 is 0 Å². The molecule has 52 valence electrons. The molecule has 9 heavy (non-hydrogen) atoms. The molecule has 3 atom stereocenters. The van der Waals surface area contributed by atoms with Crippen LogP contribution in [0.25, 0.3) is 0 Å². The number of carbonyl (C=O) groups is 1. The molecule has 1 aliphatic rings. The second-order valence-electron chi connectivity index (χ2n) is 2.58. The third-order valence-corrected chi connectivity index (χ3v) is 1.76. The van der Waals surface area contributed by atoms with Gasteiger partial charge in [0.15, 0.2) is 5.78 Å². The van der Waals surface area contributed by atoms with Gasteiger partial charge in [-0.3, -0.25) is 4.79 Å². The van der Waals surface area contributed by atoms with E-state index in [9.17, 15) is 4.79 Å². The van der Waals surface area contributed by atoms with Crippen LogP contribution in [-0.2, 0) is 4.79 Å². The first kappa shape index (κ1) is 6.71. The van der Waals surface area contributed by atoms with E-state index in [0.717, 1.165) is 0 Å².